The number of hydrogen-bond donors (Lipinski definition) is 0. The molecule has 5 heteroatoms. The number of esters is 1. The van der Waals surface area contributed by atoms with Gasteiger partial charge in [0.25, 0.3) is 5.56 Å². The molecule has 0 aliphatic heterocycles. The van der Waals surface area contributed by atoms with Crippen LogP contribution in [0.5, 0.6) is 0 Å². The first-order valence-corrected chi connectivity index (χ1v) is 4.87. The summed E-state index contributed by atoms with van der Waals surface area (Å²) < 4.78 is 6.08. The second kappa shape index (κ2) is 4.14. The number of aromatic nitrogens is 2. The van der Waals surface area contributed by atoms with Gasteiger partial charge in [0.1, 0.15) is 11.2 Å². The smallest absolute Gasteiger partial charge is 0.345 e. The molecule has 16 heavy (non-hydrogen) atoms. The van der Waals surface area contributed by atoms with E-state index in [0.717, 1.165) is 0 Å². The van der Waals surface area contributed by atoms with Crippen molar-refractivity contribution in [2.45, 2.75) is 6.92 Å². The van der Waals surface area contributed by atoms with Crippen LogP contribution in [0.25, 0.3) is 5.65 Å². The van der Waals surface area contributed by atoms with Crippen LogP contribution in [0, 0.1) is 0 Å². The summed E-state index contributed by atoms with van der Waals surface area (Å²) in [5.74, 6) is -0.641. The fraction of sp³-hybridized carbons (Fsp3) is 0.182. The second-order valence-corrected chi connectivity index (χ2v) is 3.13. The summed E-state index contributed by atoms with van der Waals surface area (Å²) in [6.07, 6.45) is 2.81. The highest BCUT2D eigenvalue weighted by Crippen LogP contribution is 1.98. The molecule has 0 N–H and O–H groups in total. The lowest BCUT2D eigenvalue weighted by molar-refractivity contribution is 0.0523. The number of carbonyl (C=O) groups is 1. The van der Waals surface area contributed by atoms with Gasteiger partial charge in [-0.25, -0.2) is 9.78 Å². The average molecular weight is 218 g/mol. The van der Waals surface area contributed by atoms with Crippen LogP contribution in [-0.4, -0.2) is 22.0 Å². The SMILES string of the molecule is CCOC(=O)c1cnc2ccccn2c1=O. The summed E-state index contributed by atoms with van der Waals surface area (Å²) in [4.78, 5) is 27.3. The van der Waals surface area contributed by atoms with E-state index < -0.39 is 11.5 Å². The number of hydrogen-bond acceptors (Lipinski definition) is 4. The third kappa shape index (κ3) is 1.67. The van der Waals surface area contributed by atoms with Crippen molar-refractivity contribution >= 4 is 11.6 Å². The molecule has 0 unspecified atom stereocenters. The molecule has 0 saturated heterocycles. The number of pyridine rings is 1. The van der Waals surface area contributed by atoms with Crippen molar-refractivity contribution in [3.8, 4) is 0 Å². The van der Waals surface area contributed by atoms with Crippen molar-refractivity contribution in [2.75, 3.05) is 6.61 Å². The van der Waals surface area contributed by atoms with Gasteiger partial charge in [0.15, 0.2) is 0 Å². The molecule has 0 atom stereocenters. The lowest BCUT2D eigenvalue weighted by Crippen LogP contribution is -2.24. The van der Waals surface area contributed by atoms with E-state index in [0.29, 0.717) is 5.65 Å². The maximum atomic E-state index is 11.9. The molecule has 5 nitrogen and oxygen atoms in total. The zero-order chi connectivity index (χ0) is 11.5. The van der Waals surface area contributed by atoms with E-state index in [1.54, 1.807) is 31.3 Å². The lowest BCUT2D eigenvalue weighted by atomic mass is 10.3. The van der Waals surface area contributed by atoms with E-state index >= 15 is 0 Å². The molecule has 0 bridgehead atoms. The van der Waals surface area contributed by atoms with Gasteiger partial charge in [0.05, 0.1) is 6.61 Å². The molecule has 0 aromatic carbocycles. The second-order valence-electron chi connectivity index (χ2n) is 3.13. The van der Waals surface area contributed by atoms with Crippen molar-refractivity contribution in [1.29, 1.82) is 0 Å². The fourth-order valence-corrected chi connectivity index (χ4v) is 1.38. The summed E-state index contributed by atoms with van der Waals surface area (Å²) in [6.45, 7) is 1.92. The zero-order valence-electron chi connectivity index (χ0n) is 8.71. The van der Waals surface area contributed by atoms with Crippen LogP contribution in [0.15, 0.2) is 35.4 Å². The van der Waals surface area contributed by atoms with E-state index in [1.165, 1.54) is 10.6 Å². The molecule has 2 rings (SSSR count). The van der Waals surface area contributed by atoms with E-state index in [9.17, 15) is 9.59 Å². The monoisotopic (exact) mass is 218 g/mol. The maximum absolute atomic E-state index is 11.9. The van der Waals surface area contributed by atoms with Crippen molar-refractivity contribution in [3.05, 3.63) is 46.5 Å². The van der Waals surface area contributed by atoms with Crippen LogP contribution in [0.1, 0.15) is 17.3 Å². The van der Waals surface area contributed by atoms with E-state index in [1.807, 2.05) is 0 Å². The van der Waals surface area contributed by atoms with Crippen molar-refractivity contribution in [2.24, 2.45) is 0 Å². The Morgan fingerprint density at radius 2 is 2.31 bits per heavy atom. The molecule has 0 spiro atoms. The summed E-state index contributed by atoms with van der Waals surface area (Å²) in [5, 5.41) is 0. The minimum atomic E-state index is -0.641. The fourth-order valence-electron chi connectivity index (χ4n) is 1.38. The Hall–Kier alpha value is -2.17. The molecule has 0 radical (unpaired) electrons. The topological polar surface area (TPSA) is 60.7 Å². The predicted octanol–water partition coefficient (Wildman–Crippen LogP) is 0.871. The van der Waals surface area contributed by atoms with Gasteiger partial charge in [0.2, 0.25) is 0 Å². The van der Waals surface area contributed by atoms with Gasteiger partial charge in [0, 0.05) is 12.4 Å². The number of fused-ring (bicyclic) bond motifs is 1. The molecule has 0 saturated carbocycles. The van der Waals surface area contributed by atoms with Gasteiger partial charge in [-0.2, -0.15) is 0 Å². The quantitative estimate of drug-likeness (QED) is 0.702. The molecule has 2 aromatic rings. The molecule has 2 aromatic heterocycles. The Bertz CT molecular complexity index is 589. The Labute approximate surface area is 91.3 Å². The maximum Gasteiger partial charge on any atom is 0.345 e. The number of carbonyl (C=O) groups excluding carboxylic acids is 1. The van der Waals surface area contributed by atoms with Gasteiger partial charge in [-0.15, -0.1) is 0 Å². The lowest BCUT2D eigenvalue weighted by Gasteiger charge is -2.03. The van der Waals surface area contributed by atoms with E-state index in [4.69, 9.17) is 4.74 Å². The molecule has 0 aliphatic carbocycles. The van der Waals surface area contributed by atoms with Gasteiger partial charge < -0.3 is 4.74 Å². The van der Waals surface area contributed by atoms with Crippen LogP contribution in [0.4, 0.5) is 0 Å². The molecular weight excluding hydrogens is 208 g/mol. The number of ether oxygens (including phenoxy) is 1. The first-order valence-electron chi connectivity index (χ1n) is 4.87. The molecule has 0 aliphatic rings. The van der Waals surface area contributed by atoms with Crippen molar-refractivity contribution < 1.29 is 9.53 Å². The Kier molecular flexibility index (Phi) is 2.68. The van der Waals surface area contributed by atoms with E-state index in [-0.39, 0.29) is 12.2 Å². The number of nitrogens with zero attached hydrogens (tertiary/aromatic N) is 2. The summed E-state index contributed by atoms with van der Waals surface area (Å²) in [6, 6.07) is 5.16. The Morgan fingerprint density at radius 1 is 1.50 bits per heavy atom. The molecule has 82 valence electrons. The predicted molar refractivity (Wildman–Crippen MR) is 57.4 cm³/mol. The third-order valence-electron chi connectivity index (χ3n) is 2.11. The highest BCUT2D eigenvalue weighted by atomic mass is 16.5. The van der Waals surface area contributed by atoms with Crippen molar-refractivity contribution in [3.63, 3.8) is 0 Å². The summed E-state index contributed by atoms with van der Waals surface area (Å²) in [7, 11) is 0. The minimum Gasteiger partial charge on any atom is -0.462 e. The molecular formula is C11H10N2O3. The van der Waals surface area contributed by atoms with Crippen LogP contribution >= 0.6 is 0 Å². The van der Waals surface area contributed by atoms with Crippen LogP contribution in [0.2, 0.25) is 0 Å². The summed E-state index contributed by atoms with van der Waals surface area (Å²) in [5.41, 5.74) is 0.0372. The molecule has 0 amide bonds. The van der Waals surface area contributed by atoms with Crippen LogP contribution in [0.3, 0.4) is 0 Å². The van der Waals surface area contributed by atoms with Crippen LogP contribution in [-0.2, 0) is 4.74 Å². The molecule has 0 fully saturated rings. The third-order valence-corrected chi connectivity index (χ3v) is 2.11. The highest BCUT2D eigenvalue weighted by molar-refractivity contribution is 5.88. The van der Waals surface area contributed by atoms with Crippen molar-refractivity contribution in [1.82, 2.24) is 9.38 Å². The van der Waals surface area contributed by atoms with Gasteiger partial charge in [-0.3, -0.25) is 9.20 Å². The van der Waals surface area contributed by atoms with E-state index in [2.05, 4.69) is 4.98 Å². The first-order chi connectivity index (χ1) is 7.74. The highest BCUT2D eigenvalue weighted by Gasteiger charge is 2.13. The standard InChI is InChI=1S/C11H10N2O3/c1-2-16-11(15)8-7-12-9-5-3-4-6-13(9)10(8)14/h3-7H,2H2,1H3. The molecule has 2 heterocycles. The average Bonchev–Trinajstić information content (AvgIpc) is 2.30. The number of rotatable bonds is 2. The Balaban J connectivity index is 2.61. The Morgan fingerprint density at radius 3 is 3.06 bits per heavy atom. The van der Waals surface area contributed by atoms with Gasteiger partial charge in [-0.05, 0) is 19.1 Å². The summed E-state index contributed by atoms with van der Waals surface area (Å²) >= 11 is 0. The minimum absolute atomic E-state index is 0.0504. The van der Waals surface area contributed by atoms with Gasteiger partial charge in [-0.1, -0.05) is 6.07 Å². The van der Waals surface area contributed by atoms with Crippen LogP contribution < -0.4 is 5.56 Å². The first kappa shape index (κ1) is 10.4. The largest absolute Gasteiger partial charge is 0.462 e. The zero-order valence-corrected chi connectivity index (χ0v) is 8.71. The van der Waals surface area contributed by atoms with Gasteiger partial charge >= 0.3 is 5.97 Å². The normalized spacial score (nSPS) is 10.3.